The zero-order valence-electron chi connectivity index (χ0n) is 21.9. The summed E-state index contributed by atoms with van der Waals surface area (Å²) < 4.78 is 11.7. The molecule has 0 radical (unpaired) electrons. The fraction of sp³-hybridized carbons (Fsp3) is 0.607. The Morgan fingerprint density at radius 3 is 2.49 bits per heavy atom. The number of fused-ring (bicyclic) bond motifs is 3. The van der Waals surface area contributed by atoms with Gasteiger partial charge in [0, 0.05) is 43.0 Å². The van der Waals surface area contributed by atoms with Gasteiger partial charge in [0.1, 0.15) is 23.7 Å². The van der Waals surface area contributed by atoms with Crippen molar-refractivity contribution in [2.75, 3.05) is 13.7 Å². The first-order valence-corrected chi connectivity index (χ1v) is 13.3. The van der Waals surface area contributed by atoms with Gasteiger partial charge in [0.25, 0.3) is 0 Å². The number of aromatic hydroxyl groups is 2. The quantitative estimate of drug-likeness (QED) is 0.222. The molecule has 0 aromatic heterocycles. The highest BCUT2D eigenvalue weighted by Crippen LogP contribution is 2.53. The van der Waals surface area contributed by atoms with Gasteiger partial charge in [0.2, 0.25) is 0 Å². The van der Waals surface area contributed by atoms with Gasteiger partial charge in [-0.1, -0.05) is 19.1 Å². The monoisotopic (exact) mass is 545 g/mol. The molecule has 0 saturated heterocycles. The Balaban J connectivity index is 1.65. The number of methoxy groups -OCH3 is 1. The first-order valence-electron chi connectivity index (χ1n) is 13.3. The molecule has 1 saturated carbocycles. The van der Waals surface area contributed by atoms with Crippen LogP contribution in [-0.4, -0.2) is 86.6 Å². The van der Waals surface area contributed by atoms with Gasteiger partial charge < -0.3 is 40.7 Å². The molecule has 4 aliphatic rings. The Hall–Kier alpha value is -2.67. The number of aliphatic hydroxyl groups is 3. The number of carbonyl (C=O) groups excluding carboxylic acids is 3. The molecule has 7 N–H and O–H groups in total. The van der Waals surface area contributed by atoms with Crippen molar-refractivity contribution < 1.29 is 49.4 Å². The first kappa shape index (κ1) is 27.9. The van der Waals surface area contributed by atoms with Crippen LogP contribution in [0.15, 0.2) is 12.2 Å². The van der Waals surface area contributed by atoms with Crippen LogP contribution in [0.25, 0.3) is 0 Å². The maximum Gasteiger partial charge on any atom is 0.190 e. The number of benzene rings is 1. The first-order chi connectivity index (χ1) is 18.4. The fourth-order valence-electron chi connectivity index (χ4n) is 6.94. The van der Waals surface area contributed by atoms with E-state index in [4.69, 9.17) is 15.2 Å². The second-order valence-corrected chi connectivity index (χ2v) is 11.4. The highest BCUT2D eigenvalue weighted by atomic mass is 16.5. The topological polar surface area (TPSA) is 197 Å². The number of phenolic OH excluding ortho intramolecular Hbond substituents is 2. The van der Waals surface area contributed by atoms with Crippen molar-refractivity contribution in [1.82, 2.24) is 0 Å². The van der Waals surface area contributed by atoms with Crippen LogP contribution in [0.4, 0.5) is 0 Å². The molecule has 1 fully saturated rings. The summed E-state index contributed by atoms with van der Waals surface area (Å²) in [6.07, 6.45) is 0.303. The third-order valence-electron chi connectivity index (χ3n) is 9.02. The molecule has 39 heavy (non-hydrogen) atoms. The normalized spacial score (nSPS) is 37.7. The molecular weight excluding hydrogens is 510 g/mol. The average molecular weight is 546 g/mol. The molecule has 4 aliphatic carbocycles. The van der Waals surface area contributed by atoms with Crippen molar-refractivity contribution in [1.29, 1.82) is 0 Å². The van der Waals surface area contributed by atoms with E-state index in [-0.39, 0.29) is 47.4 Å². The van der Waals surface area contributed by atoms with E-state index in [0.717, 1.165) is 0 Å². The molecule has 0 aliphatic heterocycles. The van der Waals surface area contributed by atoms with E-state index >= 15 is 0 Å². The van der Waals surface area contributed by atoms with Crippen molar-refractivity contribution in [2.45, 2.75) is 75.1 Å². The minimum Gasteiger partial charge on any atom is -0.507 e. The van der Waals surface area contributed by atoms with Crippen LogP contribution in [0.1, 0.15) is 70.6 Å². The van der Waals surface area contributed by atoms with Gasteiger partial charge in [-0.25, -0.2) is 0 Å². The number of allylic oxidation sites excluding steroid dienone is 1. The van der Waals surface area contributed by atoms with Gasteiger partial charge in [0.15, 0.2) is 17.3 Å². The number of rotatable bonds is 5. The second kappa shape index (κ2) is 10.1. The number of ketones is 3. The summed E-state index contributed by atoms with van der Waals surface area (Å²) in [5.74, 6) is -5.07. The summed E-state index contributed by atoms with van der Waals surface area (Å²) in [5, 5.41) is 54.1. The number of hydrogen-bond donors (Lipinski definition) is 6. The van der Waals surface area contributed by atoms with Crippen molar-refractivity contribution in [3.05, 3.63) is 34.4 Å². The van der Waals surface area contributed by atoms with Gasteiger partial charge in [-0.2, -0.15) is 0 Å². The zero-order valence-corrected chi connectivity index (χ0v) is 21.9. The average Bonchev–Trinajstić information content (AvgIpc) is 2.90. The lowest BCUT2D eigenvalue weighted by molar-refractivity contribution is -0.151. The molecule has 11 nitrogen and oxygen atoms in total. The predicted molar refractivity (Wildman–Crippen MR) is 135 cm³/mol. The lowest BCUT2D eigenvalue weighted by Gasteiger charge is -2.43. The summed E-state index contributed by atoms with van der Waals surface area (Å²) in [7, 11) is 1.42. The maximum absolute atomic E-state index is 13.8. The van der Waals surface area contributed by atoms with Crippen molar-refractivity contribution in [3.8, 4) is 11.5 Å². The van der Waals surface area contributed by atoms with Crippen LogP contribution in [0.2, 0.25) is 0 Å². The molecule has 0 amide bonds. The molecule has 0 spiro atoms. The van der Waals surface area contributed by atoms with Crippen molar-refractivity contribution in [2.24, 2.45) is 23.5 Å². The summed E-state index contributed by atoms with van der Waals surface area (Å²) in [5.41, 5.74) is 3.18. The lowest BCUT2D eigenvalue weighted by atomic mass is 9.65. The summed E-state index contributed by atoms with van der Waals surface area (Å²) in [6.45, 7) is 0.839. The molecule has 4 unspecified atom stereocenters. The minimum absolute atomic E-state index is 0.00827. The zero-order chi connectivity index (χ0) is 28.4. The van der Waals surface area contributed by atoms with Gasteiger partial charge >= 0.3 is 0 Å². The Labute approximate surface area is 225 Å². The predicted octanol–water partition coefficient (Wildman–Crippen LogP) is 0.467. The Morgan fingerprint density at radius 1 is 1.15 bits per heavy atom. The van der Waals surface area contributed by atoms with E-state index in [2.05, 4.69) is 0 Å². The number of ether oxygens (including phenoxy) is 2. The summed E-state index contributed by atoms with van der Waals surface area (Å²) >= 11 is 0. The number of Topliss-reactive ketones (excluding diaryl/α,β-unsaturated/α-hetero) is 3. The molecule has 5 rings (SSSR count). The Morgan fingerprint density at radius 2 is 1.85 bits per heavy atom. The number of aliphatic hydroxyl groups excluding tert-OH is 2. The molecule has 0 heterocycles. The number of hydrogen-bond acceptors (Lipinski definition) is 11. The summed E-state index contributed by atoms with van der Waals surface area (Å²) in [6, 6.07) is -0.591. The van der Waals surface area contributed by atoms with Crippen LogP contribution in [-0.2, 0) is 20.7 Å². The molecule has 9 atom stereocenters. The minimum atomic E-state index is -2.16. The van der Waals surface area contributed by atoms with E-state index in [1.54, 1.807) is 12.2 Å². The van der Waals surface area contributed by atoms with E-state index in [1.807, 2.05) is 6.92 Å². The SMILES string of the molecule is COC1C=CCC2C(=O)c3c(O)c4c(c(O)c3C(=O)C12)[C@@H](OC1C[C@@H](C)[C@@H](O)[C@@H](N)C1)C[C@](O)(C(=O)CO)C4. The number of carbonyl (C=O) groups is 3. The number of nitrogens with two attached hydrogens (primary N) is 1. The third-order valence-corrected chi connectivity index (χ3v) is 9.02. The van der Waals surface area contributed by atoms with Crippen LogP contribution < -0.4 is 5.73 Å². The highest BCUT2D eigenvalue weighted by molar-refractivity contribution is 6.19. The fourth-order valence-corrected chi connectivity index (χ4v) is 6.94. The van der Waals surface area contributed by atoms with Gasteiger partial charge in [-0.15, -0.1) is 0 Å². The van der Waals surface area contributed by atoms with Gasteiger partial charge in [-0.05, 0) is 25.2 Å². The second-order valence-electron chi connectivity index (χ2n) is 11.4. The lowest BCUT2D eigenvalue weighted by Crippen LogP contribution is -2.50. The van der Waals surface area contributed by atoms with Crippen LogP contribution in [0, 0.1) is 17.8 Å². The standard InChI is InChI=1S/C28H35NO10/c1-11-6-12(7-15(29)23(11)32)39-17-9-28(37,18(31)10-30)8-14-20(17)27(36)22-21(25(14)34)24(33)13-4-3-5-16(38-2)19(13)26(22)35/h3,5,11-13,15-17,19,23,30,32,34,36-37H,4,6-10,29H2,1-2H3/t11-,12?,13?,15+,16?,17+,19?,23-,28+/m1/s1. The number of phenols is 2. The van der Waals surface area contributed by atoms with Crippen molar-refractivity contribution in [3.63, 3.8) is 0 Å². The van der Waals surface area contributed by atoms with E-state index < -0.39 is 89.8 Å². The van der Waals surface area contributed by atoms with E-state index in [9.17, 15) is 39.9 Å². The molecule has 0 bridgehead atoms. The molecule has 1 aromatic rings. The van der Waals surface area contributed by atoms with Crippen LogP contribution >= 0.6 is 0 Å². The molecule has 212 valence electrons. The van der Waals surface area contributed by atoms with Gasteiger partial charge in [-0.3, -0.25) is 14.4 Å². The molecular formula is C28H35NO10. The van der Waals surface area contributed by atoms with Crippen LogP contribution in [0.5, 0.6) is 11.5 Å². The Bertz CT molecular complexity index is 1230. The van der Waals surface area contributed by atoms with Gasteiger partial charge in [0.05, 0.1) is 41.5 Å². The molecule has 1 aromatic carbocycles. The smallest absolute Gasteiger partial charge is 0.190 e. The largest absolute Gasteiger partial charge is 0.507 e. The third kappa shape index (κ3) is 4.32. The van der Waals surface area contributed by atoms with Crippen molar-refractivity contribution >= 4 is 17.3 Å². The Kier molecular flexibility index (Phi) is 7.19. The van der Waals surface area contributed by atoms with E-state index in [0.29, 0.717) is 6.42 Å². The highest BCUT2D eigenvalue weighted by Gasteiger charge is 2.53. The van der Waals surface area contributed by atoms with Crippen LogP contribution in [0.3, 0.4) is 0 Å². The van der Waals surface area contributed by atoms with E-state index in [1.165, 1.54) is 7.11 Å². The maximum atomic E-state index is 13.8. The summed E-state index contributed by atoms with van der Waals surface area (Å²) in [4.78, 5) is 40.0. The molecule has 11 heteroatoms.